The first-order valence-corrected chi connectivity index (χ1v) is 24.4. The molecule has 1 aliphatic heterocycles. The van der Waals surface area contributed by atoms with E-state index < -0.39 is 74.2 Å². The fraction of sp³-hybridized carbons (Fsp3) is 0.857. The van der Waals surface area contributed by atoms with Crippen LogP contribution < -0.4 is 5.32 Å². The second-order valence-corrected chi connectivity index (χ2v) is 17.2. The number of unbranched alkanes of at least 4 members (excludes halogenated alkanes) is 22. The summed E-state index contributed by atoms with van der Waals surface area (Å²) in [4.78, 5) is 13.1. The lowest BCUT2D eigenvalue weighted by Gasteiger charge is -2.40. The summed E-state index contributed by atoms with van der Waals surface area (Å²) in [5.41, 5.74) is 0. The Balaban J connectivity index is 2.47. The standard InChI is InChI=1S/C49H91NO10/c1-3-5-7-9-11-13-15-17-18-19-20-21-22-23-25-26-28-30-32-34-36-41(52)44(54)40(39-59-49-47(57)46(56)45(55)43(38-51)60-49)50-48(58)42(53)37-35-33-31-29-27-24-16-14-12-10-8-6-4-2/h18-19,22-23,28,30,40-47,49,51-57H,3-17,20-21,24-27,29,31-39H2,1-2H3,(H,50,58)/b19-18+,23-22+,30-28+. The number of aliphatic hydroxyl groups is 7. The summed E-state index contributed by atoms with van der Waals surface area (Å²) in [6, 6.07) is -1.19. The van der Waals surface area contributed by atoms with Gasteiger partial charge in [-0.25, -0.2) is 0 Å². The van der Waals surface area contributed by atoms with Gasteiger partial charge in [-0.3, -0.25) is 4.79 Å². The molecular formula is C49H91NO10. The molecule has 11 nitrogen and oxygen atoms in total. The van der Waals surface area contributed by atoms with Crippen LogP contribution in [0.1, 0.15) is 200 Å². The van der Waals surface area contributed by atoms with E-state index in [4.69, 9.17) is 9.47 Å². The van der Waals surface area contributed by atoms with Gasteiger partial charge >= 0.3 is 0 Å². The highest BCUT2D eigenvalue weighted by molar-refractivity contribution is 5.80. The van der Waals surface area contributed by atoms with Crippen LogP contribution in [-0.2, 0) is 14.3 Å². The Morgan fingerprint density at radius 2 is 1.00 bits per heavy atom. The van der Waals surface area contributed by atoms with Gasteiger partial charge in [0, 0.05) is 0 Å². The summed E-state index contributed by atoms with van der Waals surface area (Å²) in [5.74, 6) is -0.713. The van der Waals surface area contributed by atoms with Crippen molar-refractivity contribution in [1.82, 2.24) is 5.32 Å². The van der Waals surface area contributed by atoms with E-state index in [0.29, 0.717) is 19.3 Å². The molecule has 0 aromatic rings. The summed E-state index contributed by atoms with van der Waals surface area (Å²) < 4.78 is 11.1. The maximum Gasteiger partial charge on any atom is 0.249 e. The monoisotopic (exact) mass is 854 g/mol. The van der Waals surface area contributed by atoms with E-state index in [-0.39, 0.29) is 12.8 Å². The predicted molar refractivity (Wildman–Crippen MR) is 242 cm³/mol. The zero-order chi connectivity index (χ0) is 44.1. The highest BCUT2D eigenvalue weighted by Gasteiger charge is 2.44. The third kappa shape index (κ3) is 28.1. The Kier molecular flexibility index (Phi) is 36.6. The van der Waals surface area contributed by atoms with Crippen LogP contribution in [-0.4, -0.2) is 110 Å². The molecule has 11 heteroatoms. The number of hydrogen-bond acceptors (Lipinski definition) is 10. The van der Waals surface area contributed by atoms with E-state index in [9.17, 15) is 40.5 Å². The molecule has 352 valence electrons. The molecule has 1 fully saturated rings. The van der Waals surface area contributed by atoms with Gasteiger partial charge in [0.15, 0.2) is 6.29 Å². The summed E-state index contributed by atoms with van der Waals surface area (Å²) >= 11 is 0. The Morgan fingerprint density at radius 1 is 0.567 bits per heavy atom. The molecule has 1 rings (SSSR count). The first kappa shape index (κ1) is 56.3. The maximum absolute atomic E-state index is 13.1. The molecule has 0 radical (unpaired) electrons. The van der Waals surface area contributed by atoms with E-state index in [1.807, 2.05) is 0 Å². The van der Waals surface area contributed by atoms with Gasteiger partial charge in [-0.05, 0) is 64.2 Å². The molecule has 9 atom stereocenters. The molecule has 60 heavy (non-hydrogen) atoms. The molecule has 0 bridgehead atoms. The largest absolute Gasteiger partial charge is 0.394 e. The van der Waals surface area contributed by atoms with Gasteiger partial charge in [0.25, 0.3) is 0 Å². The fourth-order valence-corrected chi connectivity index (χ4v) is 7.59. The molecule has 0 aromatic heterocycles. The van der Waals surface area contributed by atoms with Gasteiger partial charge in [0.1, 0.15) is 36.6 Å². The molecule has 1 amide bonds. The lowest BCUT2D eigenvalue weighted by Crippen LogP contribution is -2.60. The fourth-order valence-electron chi connectivity index (χ4n) is 7.59. The summed E-state index contributed by atoms with van der Waals surface area (Å²) in [7, 11) is 0. The zero-order valence-electron chi connectivity index (χ0n) is 37.9. The zero-order valence-corrected chi connectivity index (χ0v) is 37.9. The van der Waals surface area contributed by atoms with Crippen molar-refractivity contribution in [3.8, 4) is 0 Å². The Morgan fingerprint density at radius 3 is 1.48 bits per heavy atom. The minimum absolute atomic E-state index is 0.242. The lowest BCUT2D eigenvalue weighted by atomic mass is 9.98. The number of rotatable bonds is 40. The van der Waals surface area contributed by atoms with Crippen LogP contribution in [0.5, 0.6) is 0 Å². The Bertz CT molecular complexity index is 1070. The lowest BCUT2D eigenvalue weighted by molar-refractivity contribution is -0.303. The van der Waals surface area contributed by atoms with E-state index in [1.165, 1.54) is 109 Å². The molecule has 1 saturated heterocycles. The molecule has 0 saturated carbocycles. The third-order valence-electron chi connectivity index (χ3n) is 11.7. The number of hydrogen-bond donors (Lipinski definition) is 8. The van der Waals surface area contributed by atoms with Crippen molar-refractivity contribution in [1.29, 1.82) is 0 Å². The Labute approximate surface area is 365 Å². The van der Waals surface area contributed by atoms with Crippen molar-refractivity contribution in [2.75, 3.05) is 13.2 Å². The van der Waals surface area contributed by atoms with Crippen molar-refractivity contribution < 1.29 is 50.0 Å². The highest BCUT2D eigenvalue weighted by Crippen LogP contribution is 2.23. The molecule has 0 aliphatic carbocycles. The van der Waals surface area contributed by atoms with Crippen molar-refractivity contribution in [3.63, 3.8) is 0 Å². The van der Waals surface area contributed by atoms with Crippen molar-refractivity contribution in [2.45, 2.75) is 255 Å². The number of aliphatic hydroxyl groups excluding tert-OH is 7. The maximum atomic E-state index is 13.1. The van der Waals surface area contributed by atoms with Gasteiger partial charge in [-0.15, -0.1) is 0 Å². The van der Waals surface area contributed by atoms with Crippen LogP contribution in [0.3, 0.4) is 0 Å². The number of allylic oxidation sites excluding steroid dienone is 6. The van der Waals surface area contributed by atoms with Crippen LogP contribution in [0, 0.1) is 0 Å². The van der Waals surface area contributed by atoms with Gasteiger partial charge in [0.05, 0.1) is 25.4 Å². The van der Waals surface area contributed by atoms with Crippen LogP contribution in [0.4, 0.5) is 0 Å². The molecule has 8 N–H and O–H groups in total. The molecule has 0 spiro atoms. The van der Waals surface area contributed by atoms with E-state index in [0.717, 1.165) is 44.9 Å². The summed E-state index contributed by atoms with van der Waals surface area (Å²) in [6.07, 6.45) is 33.3. The molecule has 1 heterocycles. The number of nitrogens with one attached hydrogen (secondary N) is 1. The average molecular weight is 854 g/mol. The quantitative estimate of drug-likeness (QED) is 0.0220. The summed E-state index contributed by atoms with van der Waals surface area (Å²) in [6.45, 7) is 3.41. The number of ether oxygens (including phenoxy) is 2. The van der Waals surface area contributed by atoms with Crippen LogP contribution in [0.15, 0.2) is 36.5 Å². The highest BCUT2D eigenvalue weighted by atomic mass is 16.7. The third-order valence-corrected chi connectivity index (χ3v) is 11.7. The number of carbonyl (C=O) groups is 1. The molecule has 9 unspecified atom stereocenters. The normalized spacial score (nSPS) is 21.9. The molecule has 1 aliphatic rings. The van der Waals surface area contributed by atoms with Crippen LogP contribution in [0.25, 0.3) is 0 Å². The van der Waals surface area contributed by atoms with Crippen molar-refractivity contribution >= 4 is 5.91 Å². The number of amides is 1. The topological polar surface area (TPSA) is 189 Å². The van der Waals surface area contributed by atoms with Gasteiger partial charge in [-0.1, -0.05) is 172 Å². The predicted octanol–water partition coefficient (Wildman–Crippen LogP) is 8.39. The van der Waals surface area contributed by atoms with Gasteiger partial charge in [0.2, 0.25) is 5.91 Å². The Hall–Kier alpha value is -1.67. The minimum atomic E-state index is -1.67. The van der Waals surface area contributed by atoms with E-state index >= 15 is 0 Å². The van der Waals surface area contributed by atoms with E-state index in [1.54, 1.807) is 0 Å². The summed E-state index contributed by atoms with van der Waals surface area (Å²) in [5, 5.41) is 75.7. The van der Waals surface area contributed by atoms with Crippen molar-refractivity contribution in [2.24, 2.45) is 0 Å². The van der Waals surface area contributed by atoms with Crippen LogP contribution in [0.2, 0.25) is 0 Å². The minimum Gasteiger partial charge on any atom is -0.394 e. The smallest absolute Gasteiger partial charge is 0.249 e. The average Bonchev–Trinajstić information content (AvgIpc) is 3.25. The SMILES string of the molecule is CCCCCCCCC/C=C/CC/C=C/CC/C=C/CCCC(O)C(O)C(COC1OC(CO)C(O)C(O)C1O)NC(=O)C(O)CCCCCCCCCCCCCCC. The van der Waals surface area contributed by atoms with Gasteiger partial charge in [-0.2, -0.15) is 0 Å². The van der Waals surface area contributed by atoms with E-state index in [2.05, 4.69) is 55.6 Å². The number of carbonyl (C=O) groups excluding carboxylic acids is 1. The second-order valence-electron chi connectivity index (χ2n) is 17.2. The van der Waals surface area contributed by atoms with Gasteiger partial charge < -0.3 is 50.5 Å². The van der Waals surface area contributed by atoms with Crippen LogP contribution >= 0.6 is 0 Å². The molecular weight excluding hydrogens is 763 g/mol. The molecule has 0 aromatic carbocycles. The van der Waals surface area contributed by atoms with Crippen molar-refractivity contribution in [3.05, 3.63) is 36.5 Å². The second kappa shape index (κ2) is 39.0. The first-order chi connectivity index (χ1) is 29.2. The first-order valence-electron chi connectivity index (χ1n) is 24.4.